The Morgan fingerprint density at radius 2 is 1.47 bits per heavy atom. The van der Waals surface area contributed by atoms with E-state index in [2.05, 4.69) is 61.6 Å². The lowest BCUT2D eigenvalue weighted by molar-refractivity contribution is -0.156. The van der Waals surface area contributed by atoms with E-state index >= 15 is 0 Å². The van der Waals surface area contributed by atoms with E-state index in [9.17, 15) is 14.4 Å². The average molecular weight is 658 g/mol. The van der Waals surface area contributed by atoms with Crippen LogP contribution in [0.4, 0.5) is 0 Å². The smallest absolute Gasteiger partial charge is 0.334 e. The molecule has 0 aliphatic carbocycles. The predicted octanol–water partition coefficient (Wildman–Crippen LogP) is 8.33. The number of amides is 1. The molecule has 0 spiro atoms. The van der Waals surface area contributed by atoms with Crippen LogP contribution in [0.3, 0.4) is 0 Å². The number of methoxy groups -OCH3 is 1. The number of aliphatic hydroxyl groups is 1. The molecule has 45 heavy (non-hydrogen) atoms. The Kier molecular flexibility index (Phi) is 29.3. The van der Waals surface area contributed by atoms with Gasteiger partial charge in [0.25, 0.3) is 0 Å². The topological polar surface area (TPSA) is 111 Å². The van der Waals surface area contributed by atoms with E-state index in [1.807, 2.05) is 19.1 Å². The molecule has 0 radical (unpaired) electrons. The molecule has 1 fully saturated rings. The highest BCUT2D eigenvalue weighted by atomic mass is 32.2. The summed E-state index contributed by atoms with van der Waals surface area (Å²) in [6.07, 6.45) is 6.56. The van der Waals surface area contributed by atoms with Crippen LogP contribution in [0.5, 0.6) is 5.75 Å². The molecule has 1 aromatic rings. The van der Waals surface area contributed by atoms with E-state index in [0.29, 0.717) is 12.3 Å². The van der Waals surface area contributed by atoms with Crippen LogP contribution >= 0.6 is 11.8 Å². The van der Waals surface area contributed by atoms with E-state index in [1.165, 1.54) is 57.3 Å². The highest BCUT2D eigenvalue weighted by Crippen LogP contribution is 2.30. The summed E-state index contributed by atoms with van der Waals surface area (Å²) in [4.78, 5) is 32.4. The van der Waals surface area contributed by atoms with Crippen LogP contribution < -0.4 is 10.1 Å². The second-order valence-electron chi connectivity index (χ2n) is 12.2. The van der Waals surface area contributed by atoms with Crippen molar-refractivity contribution in [2.45, 2.75) is 158 Å². The third-order valence-electron chi connectivity index (χ3n) is 6.23. The molecule has 9 heteroatoms. The summed E-state index contributed by atoms with van der Waals surface area (Å²) < 4.78 is 14.6. The Bertz CT molecular complexity index is 880. The number of esters is 2. The van der Waals surface area contributed by atoms with Crippen molar-refractivity contribution in [2.75, 3.05) is 12.9 Å². The number of rotatable bonds is 12. The van der Waals surface area contributed by atoms with E-state index in [0.717, 1.165) is 16.9 Å². The molecular weight excluding hydrogens is 590 g/mol. The van der Waals surface area contributed by atoms with Gasteiger partial charge in [0, 0.05) is 12.2 Å². The molecule has 1 aliphatic heterocycles. The first-order valence-electron chi connectivity index (χ1n) is 16.1. The molecule has 0 bridgehead atoms. The summed E-state index contributed by atoms with van der Waals surface area (Å²) in [7, 11) is 1.68. The van der Waals surface area contributed by atoms with Crippen LogP contribution in [0.15, 0.2) is 24.3 Å². The number of hydrogen-bond acceptors (Lipinski definition) is 8. The quantitative estimate of drug-likeness (QED) is 0.216. The molecule has 0 aromatic heterocycles. The molecule has 1 heterocycles. The maximum atomic E-state index is 11.3. The molecule has 2 rings (SSSR count). The number of carbonyl (C=O) groups excluding carboxylic acids is 3. The third kappa shape index (κ3) is 27.7. The van der Waals surface area contributed by atoms with Gasteiger partial charge in [-0.2, -0.15) is 11.8 Å². The van der Waals surface area contributed by atoms with Gasteiger partial charge in [-0.25, -0.2) is 9.59 Å². The lowest BCUT2D eigenvalue weighted by Gasteiger charge is -2.16. The fourth-order valence-electron chi connectivity index (χ4n) is 3.83. The molecule has 264 valence electrons. The standard InChI is InChI=1S/C10H14O.C10H20S.C9H17NO3.C6H12O3.CH4/c1-8(2)9-4-6-10(11-3)7-5-9;1-9(2)5-3-6-10-7-4-8-11-10;1-5-8(10-7(4)11)9(12)13-6(2)3;1-4(2)9-6(8)5(3)7;/h4-8H,1-3H3;9-10H,3-8H2,1-2H3;6,8H,5H2,1-4H3,(H,10,11);4-5,7H,1-3H3;1H4. The molecule has 3 atom stereocenters. The highest BCUT2D eigenvalue weighted by molar-refractivity contribution is 8.00. The Hall–Kier alpha value is -2.26. The number of nitrogens with one attached hydrogen (secondary N) is 1. The summed E-state index contributed by atoms with van der Waals surface area (Å²) in [5.41, 5.74) is 1.35. The number of ether oxygens (including phenoxy) is 3. The summed E-state index contributed by atoms with van der Waals surface area (Å²) in [5, 5.41) is 12.1. The zero-order chi connectivity index (χ0) is 34.2. The van der Waals surface area contributed by atoms with Crippen LogP contribution in [0.2, 0.25) is 0 Å². The van der Waals surface area contributed by atoms with Gasteiger partial charge in [0.15, 0.2) is 0 Å². The van der Waals surface area contributed by atoms with Gasteiger partial charge in [-0.15, -0.1) is 0 Å². The van der Waals surface area contributed by atoms with Gasteiger partial charge < -0.3 is 24.6 Å². The van der Waals surface area contributed by atoms with Crippen molar-refractivity contribution in [3.05, 3.63) is 29.8 Å². The summed E-state index contributed by atoms with van der Waals surface area (Å²) in [6, 6.07) is 7.68. The number of thioether (sulfide) groups is 1. The number of hydrogen-bond donors (Lipinski definition) is 2. The Morgan fingerprint density at radius 1 is 0.933 bits per heavy atom. The van der Waals surface area contributed by atoms with Crippen LogP contribution in [0.1, 0.15) is 134 Å². The zero-order valence-electron chi connectivity index (χ0n) is 29.6. The van der Waals surface area contributed by atoms with Gasteiger partial charge >= 0.3 is 11.9 Å². The summed E-state index contributed by atoms with van der Waals surface area (Å²) in [5.74, 6) is 2.70. The predicted molar refractivity (Wildman–Crippen MR) is 190 cm³/mol. The first-order chi connectivity index (χ1) is 20.5. The first-order valence-corrected chi connectivity index (χ1v) is 17.2. The monoisotopic (exact) mass is 657 g/mol. The fraction of sp³-hybridized carbons (Fsp3) is 0.750. The Morgan fingerprint density at radius 3 is 1.80 bits per heavy atom. The van der Waals surface area contributed by atoms with Crippen LogP contribution in [0, 0.1) is 5.92 Å². The van der Waals surface area contributed by atoms with Crippen molar-refractivity contribution in [1.82, 2.24) is 5.32 Å². The van der Waals surface area contributed by atoms with Gasteiger partial charge in [-0.05, 0) is 95.6 Å². The number of benzene rings is 1. The fourth-order valence-corrected chi connectivity index (χ4v) is 5.17. The second kappa shape index (κ2) is 28.0. The average Bonchev–Trinajstić information content (AvgIpc) is 3.45. The normalized spacial score (nSPS) is 14.8. The largest absolute Gasteiger partial charge is 0.497 e. The van der Waals surface area contributed by atoms with Crippen LogP contribution in [-0.4, -0.2) is 65.4 Å². The summed E-state index contributed by atoms with van der Waals surface area (Å²) >= 11 is 2.19. The molecular formula is C36H67NO7S. The molecule has 2 N–H and O–H groups in total. The molecule has 1 aliphatic rings. The maximum Gasteiger partial charge on any atom is 0.334 e. The maximum absolute atomic E-state index is 11.3. The van der Waals surface area contributed by atoms with Gasteiger partial charge in [0.2, 0.25) is 5.91 Å². The minimum absolute atomic E-state index is 0. The minimum Gasteiger partial charge on any atom is -0.497 e. The van der Waals surface area contributed by atoms with Crippen molar-refractivity contribution < 1.29 is 33.7 Å². The molecule has 8 nitrogen and oxygen atoms in total. The highest BCUT2D eigenvalue weighted by Gasteiger charge is 2.19. The van der Waals surface area contributed by atoms with Crippen molar-refractivity contribution in [3.63, 3.8) is 0 Å². The Balaban J connectivity index is -0.000000523. The lowest BCUT2D eigenvalue weighted by Crippen LogP contribution is -2.41. The molecule has 1 saturated heterocycles. The zero-order valence-corrected chi connectivity index (χ0v) is 30.4. The van der Waals surface area contributed by atoms with Crippen molar-refractivity contribution >= 4 is 29.6 Å². The first kappa shape index (κ1) is 47.2. The third-order valence-corrected chi connectivity index (χ3v) is 7.70. The van der Waals surface area contributed by atoms with Gasteiger partial charge in [0.1, 0.15) is 17.9 Å². The van der Waals surface area contributed by atoms with Crippen molar-refractivity contribution in [3.8, 4) is 5.75 Å². The van der Waals surface area contributed by atoms with Gasteiger partial charge in [-0.1, -0.05) is 67.0 Å². The lowest BCUT2D eigenvalue weighted by atomic mass is 10.0. The molecule has 0 saturated carbocycles. The molecule has 1 aromatic carbocycles. The van der Waals surface area contributed by atoms with Crippen LogP contribution in [-0.2, 0) is 23.9 Å². The SMILES string of the molecule is C.CC(C)CCCC1CCCS1.CC(C)OC(=O)C(C)O.CCC(NC(C)=O)C(=O)OC(C)C.COc1ccc(C(C)C)cc1. The molecule has 1 amide bonds. The van der Waals surface area contributed by atoms with Crippen LogP contribution in [0.25, 0.3) is 0 Å². The van der Waals surface area contributed by atoms with Gasteiger partial charge in [0.05, 0.1) is 19.3 Å². The van der Waals surface area contributed by atoms with E-state index < -0.39 is 18.1 Å². The Labute approximate surface area is 280 Å². The van der Waals surface area contributed by atoms with Gasteiger partial charge in [-0.3, -0.25) is 4.79 Å². The van der Waals surface area contributed by atoms with Crippen molar-refractivity contribution in [1.29, 1.82) is 0 Å². The second-order valence-corrected chi connectivity index (χ2v) is 13.6. The molecule has 3 unspecified atom stereocenters. The van der Waals surface area contributed by atoms with E-state index in [4.69, 9.17) is 14.6 Å². The summed E-state index contributed by atoms with van der Waals surface area (Å²) in [6.45, 7) is 20.6. The van der Waals surface area contributed by atoms with Crippen molar-refractivity contribution in [2.24, 2.45) is 5.92 Å². The van der Waals surface area contributed by atoms with E-state index in [1.54, 1.807) is 34.8 Å². The number of carbonyl (C=O) groups is 3. The minimum atomic E-state index is -1.01. The number of aliphatic hydroxyl groups excluding tert-OH is 1. The van der Waals surface area contributed by atoms with E-state index in [-0.39, 0.29) is 31.5 Å².